The van der Waals surface area contributed by atoms with Gasteiger partial charge in [0.1, 0.15) is 18.1 Å². The van der Waals surface area contributed by atoms with Crippen LogP contribution in [0.4, 0.5) is 5.82 Å². The number of phosphoric ester groups is 1. The molecule has 0 spiro atoms. The van der Waals surface area contributed by atoms with Gasteiger partial charge in [0.15, 0.2) is 0 Å². The molecule has 0 aromatic carbocycles. The smallest absolute Gasteiger partial charge is 0.756 e. The summed E-state index contributed by atoms with van der Waals surface area (Å²) in [6.45, 7) is -0.927. The summed E-state index contributed by atoms with van der Waals surface area (Å²) in [5.74, 6) is -0.0507. The molecule has 1 aromatic rings. The Morgan fingerprint density at radius 3 is 2.40 bits per heavy atom. The van der Waals surface area contributed by atoms with E-state index < -0.39 is 54.2 Å². The van der Waals surface area contributed by atoms with Crippen LogP contribution in [0.15, 0.2) is 17.1 Å². The van der Waals surface area contributed by atoms with Crippen molar-refractivity contribution in [3.8, 4) is 0 Å². The van der Waals surface area contributed by atoms with E-state index in [1.165, 1.54) is 12.3 Å². The largest absolute Gasteiger partial charge is 1.00 e. The van der Waals surface area contributed by atoms with E-state index in [9.17, 15) is 33.4 Å². The van der Waals surface area contributed by atoms with Crippen molar-refractivity contribution in [3.05, 3.63) is 22.7 Å². The van der Waals surface area contributed by atoms with Crippen molar-refractivity contribution < 1.29 is 115 Å². The molecule has 30 heavy (non-hydrogen) atoms. The van der Waals surface area contributed by atoms with Gasteiger partial charge in [0.2, 0.25) is 0 Å². The molecule has 1 aromatic heterocycles. The van der Waals surface area contributed by atoms with Crippen LogP contribution in [-0.4, -0.2) is 43.3 Å². The summed E-state index contributed by atoms with van der Waals surface area (Å²) >= 11 is 0. The number of ether oxygens (including phenoxy) is 1. The molecular weight excluding hydrogens is 497 g/mol. The van der Waals surface area contributed by atoms with Gasteiger partial charge in [-0.2, -0.15) is 4.98 Å². The van der Waals surface area contributed by atoms with Crippen LogP contribution < -0.4 is 80.3 Å². The summed E-state index contributed by atoms with van der Waals surface area (Å²) in [5, 5.41) is 9.91. The Balaban J connectivity index is 0.00000420. The van der Waals surface area contributed by atoms with Gasteiger partial charge in [-0.3, -0.25) is 13.7 Å². The maximum atomic E-state index is 11.8. The van der Waals surface area contributed by atoms with Gasteiger partial charge in [0.25, 0.3) is 15.6 Å². The minimum atomic E-state index is -5.79. The minimum Gasteiger partial charge on any atom is -0.756 e. The minimum absolute atomic E-state index is 0. The van der Waals surface area contributed by atoms with Crippen molar-refractivity contribution in [1.82, 2.24) is 9.55 Å². The molecule has 0 amide bonds. The number of hydrogen-bond donors (Lipinski definition) is 4. The molecule has 0 saturated carbocycles. The van der Waals surface area contributed by atoms with Crippen LogP contribution in [0.2, 0.25) is 0 Å². The fourth-order valence-corrected chi connectivity index (χ4v) is 5.10. The molecule has 1 aliphatic heterocycles. The Morgan fingerprint density at radius 1 is 1.27 bits per heavy atom. The van der Waals surface area contributed by atoms with E-state index in [2.05, 4.69) is 18.1 Å². The van der Waals surface area contributed by atoms with Crippen molar-refractivity contribution >= 4 is 29.3 Å². The van der Waals surface area contributed by atoms with Crippen LogP contribution in [0.25, 0.3) is 0 Å². The zero-order chi connectivity index (χ0) is 21.3. The quantitative estimate of drug-likeness (QED) is 0.187. The molecule has 0 radical (unpaired) electrons. The summed E-state index contributed by atoms with van der Waals surface area (Å²) in [6.07, 6.45) is -2.59. The van der Waals surface area contributed by atoms with Crippen molar-refractivity contribution in [1.29, 1.82) is 0 Å². The van der Waals surface area contributed by atoms with Gasteiger partial charge in [-0.05, 0) is 6.07 Å². The average Bonchev–Trinajstić information content (AvgIpc) is 2.82. The number of nitrogens with zero attached hydrogens (tertiary/aromatic N) is 2. The molecule has 0 aliphatic carbocycles. The fourth-order valence-electron chi connectivity index (χ4n) is 2.14. The van der Waals surface area contributed by atoms with Crippen LogP contribution in [0.1, 0.15) is 12.6 Å². The van der Waals surface area contributed by atoms with Crippen molar-refractivity contribution in [2.24, 2.45) is 0 Å². The van der Waals surface area contributed by atoms with E-state index in [4.69, 9.17) is 20.3 Å². The summed E-state index contributed by atoms with van der Waals surface area (Å²) in [4.78, 5) is 54.4. The predicted molar refractivity (Wildman–Crippen MR) is 82.8 cm³/mol. The first-order valence-corrected chi connectivity index (χ1v) is 11.6. The summed E-state index contributed by atoms with van der Waals surface area (Å²) in [5.41, 5.74) is 4.55. The first-order valence-electron chi connectivity index (χ1n) is 7.10. The van der Waals surface area contributed by atoms with Crippen molar-refractivity contribution in [2.45, 2.75) is 24.9 Å². The molecule has 5 N–H and O–H groups in total. The number of aromatic nitrogens is 2. The first kappa shape index (κ1) is 31.0. The topological polar surface area (TPSA) is 256 Å². The summed E-state index contributed by atoms with van der Waals surface area (Å²) in [7, 11) is -17.2. The predicted octanol–water partition coefficient (Wildman–Crippen LogP) is -8.44. The summed E-state index contributed by atoms with van der Waals surface area (Å²) in [6, 6.07) is 1.29. The van der Waals surface area contributed by atoms with Crippen molar-refractivity contribution in [2.75, 3.05) is 12.3 Å². The average molecular weight is 511 g/mol. The standard InChI is InChI=1S/C9H16N3O13P3.2Na/c10-7-1-2-12(9(14)11-7)8-3-5(13)6(23-8)4-22-27(18,19)25-28(20,21)24-26(15,16)17;;/h1-2,5-6,8,13H,3-4H2,(H,18,19)(H,20,21)(H2,10,11,14)(H2,15,16,17);;/q;2*+1/p-2. The molecular formula is C9H14N3Na2O13P3. The Hall–Kier alpha value is 1.01. The second kappa shape index (κ2) is 11.9. The van der Waals surface area contributed by atoms with Gasteiger partial charge < -0.3 is 39.7 Å². The second-order valence-corrected chi connectivity index (χ2v) is 9.65. The van der Waals surface area contributed by atoms with E-state index in [1.54, 1.807) is 0 Å². The molecule has 2 heterocycles. The van der Waals surface area contributed by atoms with Crippen LogP contribution in [-0.2, 0) is 31.6 Å². The zero-order valence-corrected chi connectivity index (χ0v) is 22.2. The Kier molecular flexibility index (Phi) is 12.3. The van der Waals surface area contributed by atoms with E-state index in [1.807, 2.05) is 0 Å². The van der Waals surface area contributed by atoms with E-state index in [0.717, 1.165) is 4.57 Å². The first-order chi connectivity index (χ1) is 12.7. The van der Waals surface area contributed by atoms with Gasteiger partial charge in [0, 0.05) is 12.6 Å². The molecule has 6 unspecified atom stereocenters. The van der Waals surface area contributed by atoms with Crippen LogP contribution in [0.3, 0.4) is 0 Å². The number of nitrogens with two attached hydrogens (primary N) is 1. The van der Waals surface area contributed by atoms with Gasteiger partial charge in [0.05, 0.1) is 12.7 Å². The SMILES string of the molecule is Nc1ccn(C2CC(O)C(COP(=O)([O-])OP(=O)(O)OP(=O)([O-])O)O2)c(=O)n1.[Na+].[Na+]. The molecule has 160 valence electrons. The normalized spacial score (nSPS) is 27.0. The van der Waals surface area contributed by atoms with Gasteiger partial charge in [-0.1, -0.05) is 0 Å². The fraction of sp³-hybridized carbons (Fsp3) is 0.556. The molecule has 0 bridgehead atoms. The molecule has 1 aliphatic rings. The number of aliphatic hydroxyl groups is 1. The second-order valence-electron chi connectivity index (χ2n) is 5.32. The molecule has 21 heteroatoms. The third-order valence-corrected chi connectivity index (χ3v) is 6.91. The third-order valence-electron chi connectivity index (χ3n) is 3.17. The number of hydrogen-bond acceptors (Lipinski definition) is 13. The summed E-state index contributed by atoms with van der Waals surface area (Å²) < 4.78 is 50.4. The van der Waals surface area contributed by atoms with Gasteiger partial charge in [-0.25, -0.2) is 18.0 Å². The van der Waals surface area contributed by atoms with Crippen molar-refractivity contribution in [3.63, 3.8) is 0 Å². The van der Waals surface area contributed by atoms with Gasteiger partial charge in [-0.15, -0.1) is 0 Å². The van der Waals surface area contributed by atoms with E-state index in [-0.39, 0.29) is 71.4 Å². The number of phosphoric acid groups is 3. The zero-order valence-electron chi connectivity index (χ0n) is 15.5. The van der Waals surface area contributed by atoms with Gasteiger partial charge >= 0.3 is 72.6 Å². The molecule has 1 fully saturated rings. The van der Waals surface area contributed by atoms with Crippen LogP contribution in [0, 0.1) is 0 Å². The maximum Gasteiger partial charge on any atom is 1.00 e. The molecule has 6 atom stereocenters. The molecule has 16 nitrogen and oxygen atoms in total. The number of anilines is 1. The molecule has 2 rings (SSSR count). The van der Waals surface area contributed by atoms with E-state index in [0.29, 0.717) is 0 Å². The Labute approximate surface area is 212 Å². The number of aliphatic hydroxyl groups excluding tert-OH is 1. The Bertz CT molecular complexity index is 925. The van der Waals surface area contributed by atoms with E-state index >= 15 is 0 Å². The molecule has 1 saturated heterocycles. The van der Waals surface area contributed by atoms with Crippen LogP contribution >= 0.6 is 23.5 Å². The maximum absolute atomic E-state index is 11.8. The number of rotatable bonds is 8. The number of nitrogen functional groups attached to an aromatic ring is 1. The monoisotopic (exact) mass is 511 g/mol. The van der Waals surface area contributed by atoms with Crippen LogP contribution in [0.5, 0.6) is 0 Å². The third kappa shape index (κ3) is 9.87. The Morgan fingerprint density at radius 2 is 1.87 bits per heavy atom.